The van der Waals surface area contributed by atoms with Gasteiger partial charge in [0.25, 0.3) is 5.91 Å². The Morgan fingerprint density at radius 3 is 2.23 bits per heavy atom. The molecule has 1 unspecified atom stereocenters. The minimum atomic E-state index is -1.85. The van der Waals surface area contributed by atoms with E-state index in [2.05, 4.69) is 20.3 Å². The first kappa shape index (κ1) is 21.8. The van der Waals surface area contributed by atoms with Gasteiger partial charge in [-0.2, -0.15) is 0 Å². The monoisotopic (exact) mass is 472 g/mol. The van der Waals surface area contributed by atoms with E-state index in [1.165, 1.54) is 12.7 Å². The normalized spacial score (nSPS) is 25.4. The number of benzene rings is 2. The quantitative estimate of drug-likeness (QED) is 0.430. The summed E-state index contributed by atoms with van der Waals surface area (Å²) >= 11 is 0. The van der Waals surface area contributed by atoms with Crippen molar-refractivity contribution in [1.82, 2.24) is 15.0 Å². The van der Waals surface area contributed by atoms with Crippen LogP contribution in [0, 0.1) is 5.92 Å². The predicted octanol–water partition coefficient (Wildman–Crippen LogP) is 1.88. The van der Waals surface area contributed by atoms with Gasteiger partial charge in [-0.25, -0.2) is 19.7 Å². The number of anilines is 1. The molecule has 9 nitrogen and oxygen atoms in total. The van der Waals surface area contributed by atoms with E-state index < -0.39 is 11.6 Å². The summed E-state index contributed by atoms with van der Waals surface area (Å²) in [6.45, 7) is 2.49. The van der Waals surface area contributed by atoms with Gasteiger partial charge in [0.1, 0.15) is 19.2 Å². The van der Waals surface area contributed by atoms with Crippen molar-refractivity contribution in [2.24, 2.45) is 5.92 Å². The van der Waals surface area contributed by atoms with Crippen LogP contribution < -0.4 is 5.32 Å². The molecule has 1 amide bonds. The Balaban J connectivity index is 1.22. The number of rotatable bonds is 5. The number of esters is 1. The fourth-order valence-corrected chi connectivity index (χ4v) is 6.00. The molecule has 0 spiro atoms. The van der Waals surface area contributed by atoms with E-state index in [1.807, 2.05) is 36.4 Å². The Labute approximate surface area is 202 Å². The zero-order valence-electron chi connectivity index (χ0n) is 19.1. The van der Waals surface area contributed by atoms with Crippen molar-refractivity contribution in [3.05, 3.63) is 72.3 Å². The molecule has 35 heavy (non-hydrogen) atoms. The zero-order chi connectivity index (χ0) is 24.0. The number of nitrogens with zero attached hydrogens (tertiary/aromatic N) is 4. The molecule has 0 saturated carbocycles. The van der Waals surface area contributed by atoms with Gasteiger partial charge in [0.05, 0.1) is 13.1 Å². The summed E-state index contributed by atoms with van der Waals surface area (Å²) in [4.78, 5) is 38.0. The standard InChI is InChI=1S/C26H25N5O4/c32-23(30-25-28-15-27-16-29-25)14-31-11-9-17(10-12-31)22(13-31)35-24(33)26(34)20-7-3-1-5-18(20)19-6-2-4-8-21(19)26/h1-8,15-17,22,34H,9-14H2/p+1. The smallest absolute Gasteiger partial charge is 0.348 e. The fraction of sp³-hybridized carbons (Fsp3) is 0.346. The third-order valence-electron chi connectivity index (χ3n) is 7.74. The summed E-state index contributed by atoms with van der Waals surface area (Å²) in [6, 6.07) is 14.8. The number of hydrogen-bond donors (Lipinski definition) is 2. The summed E-state index contributed by atoms with van der Waals surface area (Å²) in [5.41, 5.74) is 0.936. The van der Waals surface area contributed by atoms with Crippen molar-refractivity contribution in [2.75, 3.05) is 31.5 Å². The van der Waals surface area contributed by atoms with Crippen molar-refractivity contribution in [3.63, 3.8) is 0 Å². The molecule has 1 aromatic heterocycles. The number of carbonyl (C=O) groups is 2. The second-order valence-corrected chi connectivity index (χ2v) is 9.72. The molecule has 3 fully saturated rings. The van der Waals surface area contributed by atoms with Crippen molar-refractivity contribution in [2.45, 2.75) is 24.5 Å². The minimum absolute atomic E-state index is 0.182. The summed E-state index contributed by atoms with van der Waals surface area (Å²) in [6.07, 6.45) is 4.03. The first-order chi connectivity index (χ1) is 17.0. The van der Waals surface area contributed by atoms with Gasteiger partial charge in [0, 0.05) is 29.9 Å². The Hall–Kier alpha value is -3.69. The molecule has 7 rings (SSSR count). The maximum absolute atomic E-state index is 13.6. The lowest BCUT2D eigenvalue weighted by atomic mass is 9.82. The van der Waals surface area contributed by atoms with Crippen LogP contribution in [0.2, 0.25) is 0 Å². The molecule has 3 saturated heterocycles. The lowest BCUT2D eigenvalue weighted by Gasteiger charge is -2.51. The molecule has 2 bridgehead atoms. The summed E-state index contributed by atoms with van der Waals surface area (Å²) < 4.78 is 6.62. The van der Waals surface area contributed by atoms with Crippen molar-refractivity contribution < 1.29 is 23.9 Å². The molecule has 3 aromatic rings. The zero-order valence-corrected chi connectivity index (χ0v) is 19.1. The summed E-state index contributed by atoms with van der Waals surface area (Å²) in [5.74, 6) is -0.389. The van der Waals surface area contributed by atoms with Gasteiger partial charge < -0.3 is 14.3 Å². The average molecular weight is 473 g/mol. The van der Waals surface area contributed by atoms with E-state index in [9.17, 15) is 14.7 Å². The topological polar surface area (TPSA) is 114 Å². The highest BCUT2D eigenvalue weighted by Gasteiger charge is 2.53. The van der Waals surface area contributed by atoms with Crippen LogP contribution >= 0.6 is 0 Å². The number of nitrogens with one attached hydrogen (secondary N) is 1. The number of ether oxygens (including phenoxy) is 1. The molecule has 4 aliphatic rings. The lowest BCUT2D eigenvalue weighted by Crippen LogP contribution is -2.66. The number of quaternary nitrogens is 1. The number of piperidine rings is 3. The number of carbonyl (C=O) groups excluding carboxylic acids is 2. The van der Waals surface area contributed by atoms with E-state index in [0.29, 0.717) is 22.2 Å². The van der Waals surface area contributed by atoms with Crippen molar-refractivity contribution in [1.29, 1.82) is 0 Å². The van der Waals surface area contributed by atoms with E-state index >= 15 is 0 Å². The fourth-order valence-electron chi connectivity index (χ4n) is 6.00. The number of aromatic nitrogens is 3. The Morgan fingerprint density at radius 1 is 1.00 bits per heavy atom. The molecular weight excluding hydrogens is 446 g/mol. The first-order valence-corrected chi connectivity index (χ1v) is 11.9. The maximum atomic E-state index is 13.6. The van der Waals surface area contributed by atoms with Gasteiger partial charge in [-0.3, -0.25) is 10.1 Å². The molecule has 178 valence electrons. The van der Waals surface area contributed by atoms with Gasteiger partial charge in [-0.15, -0.1) is 0 Å². The molecule has 9 heteroatoms. The van der Waals surface area contributed by atoms with Gasteiger partial charge >= 0.3 is 5.97 Å². The Kier molecular flexibility index (Phi) is 5.12. The highest BCUT2D eigenvalue weighted by atomic mass is 16.6. The van der Waals surface area contributed by atoms with Crippen molar-refractivity contribution in [3.8, 4) is 11.1 Å². The molecule has 0 radical (unpaired) electrons. The molecule has 2 aromatic carbocycles. The van der Waals surface area contributed by atoms with Crippen LogP contribution in [0.15, 0.2) is 61.2 Å². The van der Waals surface area contributed by atoms with Crippen molar-refractivity contribution >= 4 is 17.8 Å². The van der Waals surface area contributed by atoms with E-state index in [4.69, 9.17) is 4.74 Å². The summed E-state index contributed by atoms with van der Waals surface area (Å²) in [5, 5.41) is 14.5. The number of fused-ring (bicyclic) bond motifs is 6. The largest absolute Gasteiger partial charge is 0.453 e. The summed E-state index contributed by atoms with van der Waals surface area (Å²) in [7, 11) is 0. The van der Waals surface area contributed by atoms with E-state index in [-0.39, 0.29) is 30.4 Å². The van der Waals surface area contributed by atoms with E-state index in [0.717, 1.165) is 37.1 Å². The molecule has 4 heterocycles. The minimum Gasteiger partial charge on any atom is -0.453 e. The SMILES string of the molecule is O=C(C[N+]12CCC(CC1)C(OC(=O)C1(O)c3ccccc3-c3ccccc31)C2)Nc1ncncn1. The third kappa shape index (κ3) is 3.59. The van der Waals surface area contributed by atoms with Crippen LogP contribution in [0.3, 0.4) is 0 Å². The van der Waals surface area contributed by atoms with Gasteiger partial charge in [0.2, 0.25) is 11.5 Å². The van der Waals surface area contributed by atoms with Crippen LogP contribution in [0.5, 0.6) is 0 Å². The van der Waals surface area contributed by atoms with Crippen LogP contribution in [0.4, 0.5) is 5.95 Å². The number of amides is 1. The van der Waals surface area contributed by atoms with Gasteiger partial charge in [-0.1, -0.05) is 48.5 Å². The second kappa shape index (κ2) is 8.21. The van der Waals surface area contributed by atoms with E-state index in [1.54, 1.807) is 12.1 Å². The van der Waals surface area contributed by atoms with Crippen LogP contribution in [-0.2, 0) is 19.9 Å². The van der Waals surface area contributed by atoms with Crippen LogP contribution in [-0.4, -0.2) is 68.7 Å². The average Bonchev–Trinajstić information content (AvgIpc) is 3.15. The molecule has 3 aliphatic heterocycles. The lowest BCUT2D eigenvalue weighted by molar-refractivity contribution is -0.939. The molecular formula is C26H26N5O4+. The molecule has 1 aliphatic carbocycles. The highest BCUT2D eigenvalue weighted by Crippen LogP contribution is 2.48. The molecule has 2 N–H and O–H groups in total. The molecule has 1 atom stereocenters. The number of hydrogen-bond acceptors (Lipinski definition) is 7. The third-order valence-corrected chi connectivity index (χ3v) is 7.74. The van der Waals surface area contributed by atoms with Crippen LogP contribution in [0.25, 0.3) is 11.1 Å². The highest BCUT2D eigenvalue weighted by molar-refractivity contribution is 5.96. The second-order valence-electron chi connectivity index (χ2n) is 9.72. The maximum Gasteiger partial charge on any atom is 0.348 e. The van der Waals surface area contributed by atoms with Gasteiger partial charge in [0.15, 0.2) is 12.6 Å². The Bertz CT molecular complexity index is 1240. The van der Waals surface area contributed by atoms with Gasteiger partial charge in [-0.05, 0) is 11.1 Å². The first-order valence-electron chi connectivity index (χ1n) is 11.9. The van der Waals surface area contributed by atoms with Crippen LogP contribution in [0.1, 0.15) is 24.0 Å². The predicted molar refractivity (Wildman–Crippen MR) is 126 cm³/mol. The Morgan fingerprint density at radius 2 is 1.60 bits per heavy atom. The number of aliphatic hydroxyl groups is 1.